The van der Waals surface area contributed by atoms with Crippen LogP contribution in [0.2, 0.25) is 0 Å². The van der Waals surface area contributed by atoms with Crippen molar-refractivity contribution in [1.82, 2.24) is 0 Å². The topological polar surface area (TPSA) is 13.1 Å². The number of benzene rings is 7. The van der Waals surface area contributed by atoms with Crippen molar-refractivity contribution in [2.75, 3.05) is 0 Å². The van der Waals surface area contributed by atoms with Crippen LogP contribution in [0, 0.1) is 0 Å². The Morgan fingerprint density at radius 2 is 0.511 bits per heavy atom. The van der Waals surface area contributed by atoms with Gasteiger partial charge in [-0.3, -0.25) is 0 Å². The maximum atomic E-state index is 7.29. The molecule has 0 fully saturated rings. The molecular weight excluding hydrogens is 544 g/mol. The van der Waals surface area contributed by atoms with E-state index in [1.807, 2.05) is 0 Å². The molecule has 0 aliphatic heterocycles. The Bertz CT molecular complexity index is 1950. The summed E-state index contributed by atoms with van der Waals surface area (Å²) in [7, 11) is 0. The first-order valence-electron chi connectivity index (χ1n) is 15.4. The Kier molecular flexibility index (Phi) is 6.90. The molecule has 0 saturated carbocycles. The summed E-state index contributed by atoms with van der Waals surface area (Å²) in [4.78, 5) is 0. The third-order valence-corrected chi connectivity index (χ3v) is 8.54. The molecule has 0 radical (unpaired) electrons. The SMILES string of the molecule is c1ccc(-c2cccc(-c3ccccc3)c2-c2oc(-c3c(-c4ccccc4)cccc3-c3ccccc3)c3ccccc23)cc1. The smallest absolute Gasteiger partial charge is 0.143 e. The molecule has 1 heteroatoms. The molecule has 8 rings (SSSR count). The second-order valence-electron chi connectivity index (χ2n) is 11.2. The summed E-state index contributed by atoms with van der Waals surface area (Å²) in [5.41, 5.74) is 11.4. The van der Waals surface area contributed by atoms with Gasteiger partial charge >= 0.3 is 0 Å². The van der Waals surface area contributed by atoms with Crippen LogP contribution in [-0.2, 0) is 0 Å². The molecule has 1 aromatic heterocycles. The Labute approximate surface area is 263 Å². The highest BCUT2D eigenvalue weighted by Crippen LogP contribution is 2.50. The largest absolute Gasteiger partial charge is 0.455 e. The Morgan fingerprint density at radius 1 is 0.244 bits per heavy atom. The minimum Gasteiger partial charge on any atom is -0.455 e. The molecule has 0 aliphatic rings. The fourth-order valence-electron chi connectivity index (χ4n) is 6.49. The summed E-state index contributed by atoms with van der Waals surface area (Å²) in [6.45, 7) is 0. The van der Waals surface area contributed by atoms with Gasteiger partial charge in [0.25, 0.3) is 0 Å². The molecule has 7 aromatic carbocycles. The van der Waals surface area contributed by atoms with E-state index in [4.69, 9.17) is 4.42 Å². The summed E-state index contributed by atoms with van der Waals surface area (Å²) in [5, 5.41) is 2.19. The molecule has 45 heavy (non-hydrogen) atoms. The number of rotatable bonds is 6. The standard InChI is InChI=1S/C44H30O/c1-5-17-31(18-6-1)35-27-15-28-36(32-19-7-2-8-20-32)41(35)43-39-25-13-14-26-40(39)44(45-43)42-37(33-21-9-3-10-22-33)29-16-30-38(42)34-23-11-4-12-24-34/h1-30H. The van der Waals surface area contributed by atoms with E-state index < -0.39 is 0 Å². The van der Waals surface area contributed by atoms with E-state index in [2.05, 4.69) is 182 Å². The molecule has 212 valence electrons. The van der Waals surface area contributed by atoms with Crippen molar-refractivity contribution >= 4 is 10.8 Å². The second-order valence-corrected chi connectivity index (χ2v) is 11.2. The lowest BCUT2D eigenvalue weighted by Gasteiger charge is -2.16. The van der Waals surface area contributed by atoms with Crippen molar-refractivity contribution < 1.29 is 4.42 Å². The highest BCUT2D eigenvalue weighted by molar-refractivity contribution is 6.10. The maximum absolute atomic E-state index is 7.29. The van der Waals surface area contributed by atoms with Crippen LogP contribution in [0.25, 0.3) is 77.9 Å². The van der Waals surface area contributed by atoms with Gasteiger partial charge in [0.15, 0.2) is 0 Å². The Balaban J connectivity index is 1.48. The summed E-state index contributed by atoms with van der Waals surface area (Å²) in [5.74, 6) is 1.75. The van der Waals surface area contributed by atoms with Gasteiger partial charge in [-0.25, -0.2) is 0 Å². The molecule has 0 atom stereocenters. The quantitative estimate of drug-likeness (QED) is 0.192. The van der Waals surface area contributed by atoms with E-state index in [0.717, 1.165) is 77.9 Å². The minimum atomic E-state index is 0.876. The molecule has 0 bridgehead atoms. The monoisotopic (exact) mass is 574 g/mol. The van der Waals surface area contributed by atoms with Gasteiger partial charge < -0.3 is 4.42 Å². The van der Waals surface area contributed by atoms with Crippen molar-refractivity contribution in [2.45, 2.75) is 0 Å². The van der Waals surface area contributed by atoms with Crippen molar-refractivity contribution in [3.05, 3.63) is 182 Å². The number of hydrogen-bond acceptors (Lipinski definition) is 1. The highest BCUT2D eigenvalue weighted by Gasteiger charge is 2.25. The maximum Gasteiger partial charge on any atom is 0.143 e. The van der Waals surface area contributed by atoms with E-state index >= 15 is 0 Å². The van der Waals surface area contributed by atoms with Crippen molar-refractivity contribution in [1.29, 1.82) is 0 Å². The first kappa shape index (κ1) is 26.7. The van der Waals surface area contributed by atoms with Crippen LogP contribution in [0.1, 0.15) is 0 Å². The third kappa shape index (κ3) is 4.85. The molecule has 0 aliphatic carbocycles. The fraction of sp³-hybridized carbons (Fsp3) is 0. The van der Waals surface area contributed by atoms with E-state index in [1.165, 1.54) is 0 Å². The Hall–Kier alpha value is -5.92. The van der Waals surface area contributed by atoms with E-state index in [0.29, 0.717) is 0 Å². The molecule has 1 nitrogen and oxygen atoms in total. The molecular formula is C44H30O. The lowest BCUT2D eigenvalue weighted by atomic mass is 9.88. The van der Waals surface area contributed by atoms with Crippen molar-refractivity contribution in [2.24, 2.45) is 0 Å². The molecule has 0 spiro atoms. The van der Waals surface area contributed by atoms with E-state index in [1.54, 1.807) is 0 Å². The molecule has 0 N–H and O–H groups in total. The number of furan rings is 1. The first-order valence-corrected chi connectivity index (χ1v) is 15.4. The van der Waals surface area contributed by atoms with Crippen LogP contribution in [0.5, 0.6) is 0 Å². The summed E-state index contributed by atoms with van der Waals surface area (Å²) >= 11 is 0. The Morgan fingerprint density at radius 3 is 0.800 bits per heavy atom. The summed E-state index contributed by atoms with van der Waals surface area (Å²) < 4.78 is 7.29. The van der Waals surface area contributed by atoms with Crippen LogP contribution in [-0.4, -0.2) is 0 Å². The zero-order valence-corrected chi connectivity index (χ0v) is 24.7. The van der Waals surface area contributed by atoms with Crippen LogP contribution in [0.15, 0.2) is 186 Å². The zero-order valence-electron chi connectivity index (χ0n) is 24.7. The number of fused-ring (bicyclic) bond motifs is 1. The van der Waals surface area contributed by atoms with Crippen molar-refractivity contribution in [3.8, 4) is 67.2 Å². The average Bonchev–Trinajstić information content (AvgIpc) is 3.51. The lowest BCUT2D eigenvalue weighted by Crippen LogP contribution is -1.90. The molecule has 0 saturated heterocycles. The van der Waals surface area contributed by atoms with Gasteiger partial charge in [0, 0.05) is 21.9 Å². The molecule has 0 unspecified atom stereocenters. The molecule has 0 amide bonds. The van der Waals surface area contributed by atoms with Gasteiger partial charge in [0.05, 0.1) is 0 Å². The van der Waals surface area contributed by atoms with Crippen LogP contribution >= 0.6 is 0 Å². The summed E-state index contributed by atoms with van der Waals surface area (Å²) in [6.07, 6.45) is 0. The fourth-order valence-corrected chi connectivity index (χ4v) is 6.49. The first-order chi connectivity index (χ1) is 22.4. The predicted molar refractivity (Wildman–Crippen MR) is 189 cm³/mol. The normalized spacial score (nSPS) is 11.1. The van der Waals surface area contributed by atoms with E-state index in [9.17, 15) is 0 Å². The zero-order chi connectivity index (χ0) is 30.0. The van der Waals surface area contributed by atoms with Gasteiger partial charge in [0.1, 0.15) is 11.5 Å². The van der Waals surface area contributed by atoms with Gasteiger partial charge in [-0.05, 0) is 44.5 Å². The number of hydrogen-bond donors (Lipinski definition) is 0. The van der Waals surface area contributed by atoms with Crippen molar-refractivity contribution in [3.63, 3.8) is 0 Å². The highest BCUT2D eigenvalue weighted by atomic mass is 16.3. The average molecular weight is 575 g/mol. The second kappa shape index (κ2) is 11.6. The van der Waals surface area contributed by atoms with Crippen LogP contribution < -0.4 is 0 Å². The molecule has 1 heterocycles. The van der Waals surface area contributed by atoms with Gasteiger partial charge in [-0.1, -0.05) is 182 Å². The van der Waals surface area contributed by atoms with Crippen LogP contribution in [0.4, 0.5) is 0 Å². The predicted octanol–water partition coefficient (Wildman–Crippen LogP) is 12.4. The van der Waals surface area contributed by atoms with Gasteiger partial charge in [-0.2, -0.15) is 0 Å². The minimum absolute atomic E-state index is 0.876. The van der Waals surface area contributed by atoms with Gasteiger partial charge in [-0.15, -0.1) is 0 Å². The molecule has 8 aromatic rings. The summed E-state index contributed by atoms with van der Waals surface area (Å²) in [6, 6.07) is 64.2. The lowest BCUT2D eigenvalue weighted by molar-refractivity contribution is 0.603. The van der Waals surface area contributed by atoms with Crippen LogP contribution in [0.3, 0.4) is 0 Å². The third-order valence-electron chi connectivity index (χ3n) is 8.54. The van der Waals surface area contributed by atoms with Gasteiger partial charge in [0.2, 0.25) is 0 Å². The van der Waals surface area contributed by atoms with E-state index in [-0.39, 0.29) is 0 Å².